The van der Waals surface area contributed by atoms with Crippen molar-refractivity contribution in [2.45, 2.75) is 45.9 Å². The summed E-state index contributed by atoms with van der Waals surface area (Å²) >= 11 is 0. The van der Waals surface area contributed by atoms with Gasteiger partial charge in [-0.3, -0.25) is 9.69 Å². The summed E-state index contributed by atoms with van der Waals surface area (Å²) in [5.41, 5.74) is 4.94. The van der Waals surface area contributed by atoms with Crippen molar-refractivity contribution in [2.75, 3.05) is 0 Å². The van der Waals surface area contributed by atoms with Crippen molar-refractivity contribution in [3.8, 4) is 0 Å². The van der Waals surface area contributed by atoms with Gasteiger partial charge in [-0.25, -0.2) is 4.68 Å². The molecule has 7 heteroatoms. The maximum atomic E-state index is 13.1. The third kappa shape index (κ3) is 5.26. The van der Waals surface area contributed by atoms with Crippen molar-refractivity contribution in [2.24, 2.45) is 0 Å². The Kier molecular flexibility index (Phi) is 7.00. The van der Waals surface area contributed by atoms with E-state index in [9.17, 15) is 4.79 Å². The monoisotopic (exact) mass is 478 g/mol. The third-order valence-electron chi connectivity index (χ3n) is 6.54. The summed E-state index contributed by atoms with van der Waals surface area (Å²) in [6, 6.07) is 28.6. The van der Waals surface area contributed by atoms with Crippen molar-refractivity contribution in [3.63, 3.8) is 0 Å². The van der Waals surface area contributed by atoms with Gasteiger partial charge in [0.1, 0.15) is 0 Å². The zero-order valence-corrected chi connectivity index (χ0v) is 20.6. The van der Waals surface area contributed by atoms with Crippen LogP contribution in [0.15, 0.2) is 89.7 Å². The fourth-order valence-corrected chi connectivity index (χ4v) is 4.71. The molecule has 5 rings (SSSR count). The lowest BCUT2D eigenvalue weighted by molar-refractivity contribution is 0.161. The number of hydrogen-bond donors (Lipinski definition) is 1. The molecule has 36 heavy (non-hydrogen) atoms. The molecule has 2 heterocycles. The molecule has 0 saturated heterocycles. The van der Waals surface area contributed by atoms with E-state index in [1.165, 1.54) is 5.56 Å². The van der Waals surface area contributed by atoms with Gasteiger partial charge in [-0.15, -0.1) is 5.10 Å². The van der Waals surface area contributed by atoms with Crippen LogP contribution in [-0.4, -0.2) is 30.1 Å². The highest BCUT2D eigenvalue weighted by Crippen LogP contribution is 2.27. The van der Waals surface area contributed by atoms with Crippen LogP contribution in [0, 0.1) is 6.92 Å². The van der Waals surface area contributed by atoms with Crippen molar-refractivity contribution in [1.29, 1.82) is 0 Å². The standard InChI is InChI=1S/C29H30N6O/c1-3-27(28-31-32-33-35(28)19-23-12-8-5-9-13-23)34(18-22-10-6-4-7-11-22)20-25-17-24-15-14-21(2)16-26(24)30-29(25)36/h4-17,27H,3,18-20H2,1-2H3,(H,30,36)/t27-/m1/s1. The number of rotatable bonds is 9. The highest BCUT2D eigenvalue weighted by Gasteiger charge is 2.26. The van der Waals surface area contributed by atoms with E-state index in [0.29, 0.717) is 19.6 Å². The Morgan fingerprint density at radius 2 is 1.64 bits per heavy atom. The molecular weight excluding hydrogens is 448 g/mol. The van der Waals surface area contributed by atoms with Crippen molar-refractivity contribution in [1.82, 2.24) is 30.1 Å². The summed E-state index contributed by atoms with van der Waals surface area (Å²) in [4.78, 5) is 18.5. The summed E-state index contributed by atoms with van der Waals surface area (Å²) < 4.78 is 1.87. The third-order valence-corrected chi connectivity index (χ3v) is 6.54. The number of nitrogens with one attached hydrogen (secondary N) is 1. The lowest BCUT2D eigenvalue weighted by atomic mass is 10.1. The lowest BCUT2D eigenvalue weighted by Gasteiger charge is -2.30. The van der Waals surface area contributed by atoms with Crippen LogP contribution in [0.4, 0.5) is 0 Å². The Bertz CT molecular complexity index is 1490. The maximum Gasteiger partial charge on any atom is 0.252 e. The summed E-state index contributed by atoms with van der Waals surface area (Å²) in [5.74, 6) is 0.796. The Balaban J connectivity index is 1.51. The van der Waals surface area contributed by atoms with E-state index in [-0.39, 0.29) is 11.6 Å². The SMILES string of the molecule is CC[C@H](c1nnnn1Cc1ccccc1)N(Cc1ccccc1)Cc1cc2ccc(C)cc2[nH]c1=O. The van der Waals surface area contributed by atoms with Crippen LogP contribution in [0.25, 0.3) is 10.9 Å². The molecule has 0 amide bonds. The average molecular weight is 479 g/mol. The van der Waals surface area contributed by atoms with Gasteiger partial charge in [-0.2, -0.15) is 0 Å². The first-order valence-corrected chi connectivity index (χ1v) is 12.3. The molecule has 2 aromatic heterocycles. The molecule has 0 aliphatic carbocycles. The van der Waals surface area contributed by atoms with E-state index in [4.69, 9.17) is 0 Å². The smallest absolute Gasteiger partial charge is 0.252 e. The Labute approximate surface area is 210 Å². The van der Waals surface area contributed by atoms with Crippen molar-refractivity contribution in [3.05, 3.63) is 123 Å². The molecule has 0 radical (unpaired) electrons. The summed E-state index contributed by atoms with van der Waals surface area (Å²) in [6.45, 7) is 5.90. The topological polar surface area (TPSA) is 79.7 Å². The second-order valence-corrected chi connectivity index (χ2v) is 9.21. The molecule has 0 unspecified atom stereocenters. The van der Waals surface area contributed by atoms with Gasteiger partial charge in [0, 0.05) is 24.2 Å². The second-order valence-electron chi connectivity index (χ2n) is 9.21. The highest BCUT2D eigenvalue weighted by molar-refractivity contribution is 5.79. The van der Waals surface area contributed by atoms with Crippen LogP contribution >= 0.6 is 0 Å². The minimum Gasteiger partial charge on any atom is -0.322 e. The van der Waals surface area contributed by atoms with Crippen LogP contribution in [0.1, 0.15) is 47.5 Å². The zero-order valence-electron chi connectivity index (χ0n) is 20.6. The van der Waals surface area contributed by atoms with Crippen LogP contribution in [0.5, 0.6) is 0 Å². The maximum absolute atomic E-state index is 13.1. The molecular formula is C29H30N6O. The minimum atomic E-state index is -0.0722. The van der Waals surface area contributed by atoms with Crippen LogP contribution in [0.2, 0.25) is 0 Å². The highest BCUT2D eigenvalue weighted by atomic mass is 16.1. The Morgan fingerprint density at radius 3 is 2.36 bits per heavy atom. The van der Waals surface area contributed by atoms with E-state index < -0.39 is 0 Å². The van der Waals surface area contributed by atoms with Gasteiger partial charge in [0.05, 0.1) is 12.6 Å². The van der Waals surface area contributed by atoms with Gasteiger partial charge < -0.3 is 4.98 Å². The molecule has 0 saturated carbocycles. The number of aromatic nitrogens is 5. The minimum absolute atomic E-state index is 0.0649. The van der Waals surface area contributed by atoms with Gasteiger partial charge >= 0.3 is 0 Å². The summed E-state index contributed by atoms with van der Waals surface area (Å²) in [5, 5.41) is 13.8. The van der Waals surface area contributed by atoms with Gasteiger partial charge in [-0.05, 0) is 58.0 Å². The fraction of sp³-hybridized carbons (Fsp3) is 0.241. The van der Waals surface area contributed by atoms with Gasteiger partial charge in [0.15, 0.2) is 5.82 Å². The largest absolute Gasteiger partial charge is 0.322 e. The number of H-pyrrole nitrogens is 1. The Morgan fingerprint density at radius 1 is 0.917 bits per heavy atom. The first kappa shape index (κ1) is 23.6. The molecule has 182 valence electrons. The van der Waals surface area contributed by atoms with E-state index in [1.807, 2.05) is 60.1 Å². The molecule has 0 aliphatic rings. The van der Waals surface area contributed by atoms with E-state index >= 15 is 0 Å². The summed E-state index contributed by atoms with van der Waals surface area (Å²) in [6.07, 6.45) is 0.798. The lowest BCUT2D eigenvalue weighted by Crippen LogP contribution is -2.32. The molecule has 1 atom stereocenters. The predicted octanol–water partition coefficient (Wildman–Crippen LogP) is 5.02. The molecule has 7 nitrogen and oxygen atoms in total. The predicted molar refractivity (Wildman–Crippen MR) is 141 cm³/mol. The van der Waals surface area contributed by atoms with Gasteiger partial charge in [0.2, 0.25) is 0 Å². The number of aromatic amines is 1. The van der Waals surface area contributed by atoms with E-state index in [1.54, 1.807) is 0 Å². The number of pyridine rings is 1. The number of hydrogen-bond acceptors (Lipinski definition) is 5. The molecule has 0 bridgehead atoms. The first-order valence-electron chi connectivity index (χ1n) is 12.3. The zero-order chi connectivity index (χ0) is 24.9. The number of fused-ring (bicyclic) bond motifs is 1. The number of aryl methyl sites for hydroxylation is 1. The quantitative estimate of drug-likeness (QED) is 0.322. The first-order chi connectivity index (χ1) is 17.6. The van der Waals surface area contributed by atoms with Gasteiger partial charge in [-0.1, -0.05) is 79.7 Å². The second kappa shape index (κ2) is 10.7. The number of benzene rings is 3. The molecule has 0 aliphatic heterocycles. The van der Waals surface area contributed by atoms with Crippen LogP contribution < -0.4 is 5.56 Å². The van der Waals surface area contributed by atoms with E-state index in [0.717, 1.165) is 39.8 Å². The summed E-state index contributed by atoms with van der Waals surface area (Å²) in [7, 11) is 0. The number of tetrazole rings is 1. The number of nitrogens with zero attached hydrogens (tertiary/aromatic N) is 5. The Hall–Kier alpha value is -4.10. The molecule has 1 N–H and O–H groups in total. The van der Waals surface area contributed by atoms with Crippen LogP contribution in [-0.2, 0) is 19.6 Å². The molecule has 3 aromatic carbocycles. The average Bonchev–Trinajstić information content (AvgIpc) is 3.34. The van der Waals surface area contributed by atoms with Crippen molar-refractivity contribution >= 4 is 10.9 Å². The molecule has 0 fully saturated rings. The normalized spacial score (nSPS) is 12.3. The van der Waals surface area contributed by atoms with Crippen molar-refractivity contribution < 1.29 is 0 Å². The molecule has 5 aromatic rings. The van der Waals surface area contributed by atoms with Crippen LogP contribution in [0.3, 0.4) is 0 Å². The van der Waals surface area contributed by atoms with Gasteiger partial charge in [0.25, 0.3) is 5.56 Å². The van der Waals surface area contributed by atoms with E-state index in [2.05, 4.69) is 68.7 Å². The fourth-order valence-electron chi connectivity index (χ4n) is 4.71. The molecule has 0 spiro atoms.